The molecule has 0 aliphatic heterocycles. The zero-order valence-corrected chi connectivity index (χ0v) is 17.6. The third-order valence-electron chi connectivity index (χ3n) is 4.83. The van der Waals surface area contributed by atoms with Gasteiger partial charge in [-0.15, -0.1) is 0 Å². The Morgan fingerprint density at radius 1 is 1.00 bits per heavy atom. The van der Waals surface area contributed by atoms with Crippen LogP contribution in [0.3, 0.4) is 0 Å². The van der Waals surface area contributed by atoms with Crippen molar-refractivity contribution < 1.29 is 18.4 Å². The van der Waals surface area contributed by atoms with Crippen LogP contribution >= 0.6 is 15.9 Å². The minimum atomic E-state index is -0.430. The number of fused-ring (bicyclic) bond motifs is 1. The van der Waals surface area contributed by atoms with E-state index in [0.29, 0.717) is 27.8 Å². The van der Waals surface area contributed by atoms with Gasteiger partial charge in [0.25, 0.3) is 0 Å². The molecule has 150 valence electrons. The zero-order chi connectivity index (χ0) is 21.3. The Morgan fingerprint density at radius 2 is 1.70 bits per heavy atom. The third-order valence-corrected chi connectivity index (χ3v) is 5.36. The summed E-state index contributed by atoms with van der Waals surface area (Å²) in [5.41, 5.74) is 2.18. The first-order valence-electron chi connectivity index (χ1n) is 9.29. The molecule has 1 aromatic heterocycles. The van der Waals surface area contributed by atoms with Gasteiger partial charge in [-0.25, -0.2) is 4.39 Å². The van der Waals surface area contributed by atoms with Crippen LogP contribution in [0, 0.1) is 12.7 Å². The second kappa shape index (κ2) is 8.24. The van der Waals surface area contributed by atoms with Gasteiger partial charge in [-0.2, -0.15) is 0 Å². The van der Waals surface area contributed by atoms with Gasteiger partial charge in [0.2, 0.25) is 5.78 Å². The van der Waals surface area contributed by atoms with E-state index in [1.807, 2.05) is 18.2 Å². The van der Waals surface area contributed by atoms with Crippen molar-refractivity contribution in [3.8, 4) is 0 Å². The van der Waals surface area contributed by atoms with Crippen LogP contribution in [0.2, 0.25) is 0 Å². The highest BCUT2D eigenvalue weighted by Gasteiger charge is 2.22. The molecule has 0 unspecified atom stereocenters. The van der Waals surface area contributed by atoms with Crippen LogP contribution < -0.4 is 5.32 Å². The van der Waals surface area contributed by atoms with Crippen molar-refractivity contribution in [3.05, 3.63) is 99.5 Å². The average molecular weight is 466 g/mol. The normalized spacial score (nSPS) is 10.9. The van der Waals surface area contributed by atoms with Gasteiger partial charge in [-0.05, 0) is 55.0 Å². The summed E-state index contributed by atoms with van der Waals surface area (Å²) in [4.78, 5) is 25.6. The summed E-state index contributed by atoms with van der Waals surface area (Å²) >= 11 is 3.35. The maximum absolute atomic E-state index is 13.8. The van der Waals surface area contributed by atoms with Crippen molar-refractivity contribution in [2.75, 3.05) is 11.9 Å². The number of nitrogens with one attached hydrogen (secondary N) is 1. The highest BCUT2D eigenvalue weighted by Crippen LogP contribution is 2.32. The molecule has 3 aromatic carbocycles. The largest absolute Gasteiger partial charge is 0.450 e. The molecule has 0 saturated carbocycles. The van der Waals surface area contributed by atoms with Crippen molar-refractivity contribution in [1.82, 2.24) is 0 Å². The number of hydrogen-bond acceptors (Lipinski definition) is 4. The number of para-hydroxylation sites is 1. The molecule has 0 spiro atoms. The van der Waals surface area contributed by atoms with Crippen LogP contribution in [-0.4, -0.2) is 18.1 Å². The van der Waals surface area contributed by atoms with E-state index in [4.69, 9.17) is 4.42 Å². The summed E-state index contributed by atoms with van der Waals surface area (Å²) in [7, 11) is 0. The lowest BCUT2D eigenvalue weighted by molar-refractivity contribution is 0.0997. The molecular weight excluding hydrogens is 449 g/mol. The molecule has 4 rings (SSSR count). The SMILES string of the molecule is Cc1ccc(C(=O)CNc2c(C(=O)c3ccc(Br)cc3)oc3ccccc23)cc1F. The Morgan fingerprint density at radius 3 is 2.43 bits per heavy atom. The van der Waals surface area contributed by atoms with Gasteiger partial charge in [0.05, 0.1) is 12.2 Å². The summed E-state index contributed by atoms with van der Waals surface area (Å²) in [6.45, 7) is 1.53. The fourth-order valence-corrected chi connectivity index (χ4v) is 3.41. The molecule has 0 atom stereocenters. The number of hydrogen-bond donors (Lipinski definition) is 1. The van der Waals surface area contributed by atoms with Crippen molar-refractivity contribution in [1.29, 1.82) is 0 Å². The van der Waals surface area contributed by atoms with Gasteiger partial charge >= 0.3 is 0 Å². The predicted octanol–water partition coefficient (Wildman–Crippen LogP) is 6.17. The standard InChI is InChI=1S/C24H17BrFNO3/c1-14-6-7-16(12-19(14)26)20(28)13-27-22-18-4-2-3-5-21(18)30-24(22)23(29)15-8-10-17(25)11-9-15/h2-12,27H,13H2,1H3. The number of halogens is 2. The lowest BCUT2D eigenvalue weighted by atomic mass is 10.1. The predicted molar refractivity (Wildman–Crippen MR) is 118 cm³/mol. The number of carbonyl (C=O) groups is 2. The Hall–Kier alpha value is -3.25. The van der Waals surface area contributed by atoms with Crippen molar-refractivity contribution in [2.24, 2.45) is 0 Å². The fraction of sp³-hybridized carbons (Fsp3) is 0.0833. The Balaban J connectivity index is 1.66. The number of ketones is 2. The molecule has 0 aliphatic carbocycles. The van der Waals surface area contributed by atoms with Crippen LogP contribution in [0.15, 0.2) is 75.6 Å². The second-order valence-corrected chi connectivity index (χ2v) is 7.79. The number of furan rings is 1. The highest BCUT2D eigenvalue weighted by molar-refractivity contribution is 9.10. The minimum absolute atomic E-state index is 0.105. The first-order chi connectivity index (χ1) is 14.4. The first kappa shape index (κ1) is 20.0. The molecule has 1 heterocycles. The molecule has 0 bridgehead atoms. The van der Waals surface area contributed by atoms with Crippen LogP contribution in [0.5, 0.6) is 0 Å². The maximum Gasteiger partial charge on any atom is 0.230 e. The van der Waals surface area contributed by atoms with E-state index < -0.39 is 5.82 Å². The van der Waals surface area contributed by atoms with E-state index in [1.54, 1.807) is 49.4 Å². The molecule has 0 aliphatic rings. The van der Waals surface area contributed by atoms with E-state index in [-0.39, 0.29) is 29.4 Å². The lowest BCUT2D eigenvalue weighted by Crippen LogP contribution is -2.16. The van der Waals surface area contributed by atoms with E-state index in [1.165, 1.54) is 6.07 Å². The monoisotopic (exact) mass is 465 g/mol. The molecular formula is C24H17BrFNO3. The summed E-state index contributed by atoms with van der Waals surface area (Å²) < 4.78 is 20.5. The van der Waals surface area contributed by atoms with Crippen LogP contribution in [0.4, 0.5) is 10.1 Å². The number of anilines is 1. The topological polar surface area (TPSA) is 59.3 Å². The van der Waals surface area contributed by atoms with Crippen molar-refractivity contribution in [2.45, 2.75) is 6.92 Å². The summed E-state index contributed by atoms with van der Waals surface area (Å²) in [6, 6.07) is 18.5. The number of benzene rings is 3. The fourth-order valence-electron chi connectivity index (χ4n) is 3.15. The molecule has 0 amide bonds. The first-order valence-corrected chi connectivity index (χ1v) is 10.1. The molecule has 0 saturated heterocycles. The quantitative estimate of drug-likeness (QED) is 0.346. The second-order valence-electron chi connectivity index (χ2n) is 6.88. The van der Waals surface area contributed by atoms with Crippen molar-refractivity contribution >= 4 is 44.2 Å². The maximum atomic E-state index is 13.8. The van der Waals surface area contributed by atoms with Crippen LogP contribution in [0.1, 0.15) is 32.0 Å². The average Bonchev–Trinajstić information content (AvgIpc) is 3.12. The summed E-state index contributed by atoms with van der Waals surface area (Å²) in [5.74, 6) is -0.890. The number of aryl methyl sites for hydroxylation is 1. The van der Waals surface area contributed by atoms with E-state index in [9.17, 15) is 14.0 Å². The highest BCUT2D eigenvalue weighted by atomic mass is 79.9. The molecule has 0 fully saturated rings. The van der Waals surface area contributed by atoms with Gasteiger partial charge in [0, 0.05) is 21.0 Å². The molecule has 0 radical (unpaired) electrons. The Labute approximate surface area is 180 Å². The van der Waals surface area contributed by atoms with Gasteiger partial charge in [0.1, 0.15) is 11.4 Å². The lowest BCUT2D eigenvalue weighted by Gasteiger charge is -2.08. The van der Waals surface area contributed by atoms with E-state index in [0.717, 1.165) is 4.47 Å². The zero-order valence-electron chi connectivity index (χ0n) is 16.0. The molecule has 30 heavy (non-hydrogen) atoms. The van der Waals surface area contributed by atoms with Crippen LogP contribution in [0.25, 0.3) is 11.0 Å². The number of carbonyl (C=O) groups excluding carboxylic acids is 2. The Kier molecular flexibility index (Phi) is 5.50. The van der Waals surface area contributed by atoms with Gasteiger partial charge in [-0.1, -0.05) is 40.2 Å². The summed E-state index contributed by atoms with van der Waals surface area (Å²) in [5, 5.41) is 3.73. The van der Waals surface area contributed by atoms with Gasteiger partial charge < -0.3 is 9.73 Å². The Bertz CT molecular complexity index is 1260. The molecule has 4 aromatic rings. The third kappa shape index (κ3) is 3.91. The number of Topliss-reactive ketones (excluding diaryl/α,β-unsaturated/α-hetero) is 1. The van der Waals surface area contributed by atoms with Crippen LogP contribution in [-0.2, 0) is 0 Å². The van der Waals surface area contributed by atoms with Gasteiger partial charge in [-0.3, -0.25) is 9.59 Å². The van der Waals surface area contributed by atoms with E-state index >= 15 is 0 Å². The summed E-state index contributed by atoms with van der Waals surface area (Å²) in [6.07, 6.45) is 0. The molecule has 6 heteroatoms. The van der Waals surface area contributed by atoms with E-state index in [2.05, 4.69) is 21.2 Å². The number of rotatable bonds is 6. The molecule has 4 nitrogen and oxygen atoms in total. The molecule has 1 N–H and O–H groups in total. The van der Waals surface area contributed by atoms with Crippen molar-refractivity contribution in [3.63, 3.8) is 0 Å². The smallest absolute Gasteiger partial charge is 0.230 e. The minimum Gasteiger partial charge on any atom is -0.450 e. The van der Waals surface area contributed by atoms with Gasteiger partial charge in [0.15, 0.2) is 11.5 Å².